The summed E-state index contributed by atoms with van der Waals surface area (Å²) in [4.78, 5) is -0.464. The summed E-state index contributed by atoms with van der Waals surface area (Å²) in [6.07, 6.45) is 0. The van der Waals surface area contributed by atoms with Crippen molar-refractivity contribution < 1.29 is 12.8 Å². The topological polar surface area (TPSA) is 60.2 Å². The molecule has 0 saturated carbocycles. The van der Waals surface area contributed by atoms with Crippen molar-refractivity contribution in [2.24, 2.45) is 5.14 Å². The van der Waals surface area contributed by atoms with Crippen molar-refractivity contribution >= 4 is 32.6 Å². The molecule has 1 aromatic carbocycles. The summed E-state index contributed by atoms with van der Waals surface area (Å²) in [6, 6.07) is 4.03. The minimum atomic E-state index is -3.94. The Kier molecular flexibility index (Phi) is 2.69. The summed E-state index contributed by atoms with van der Waals surface area (Å²) >= 11 is 1.69. The van der Waals surface area contributed by atoms with Gasteiger partial charge in [-0.2, -0.15) is 0 Å². The standard InChI is InChI=1S/C6H5FINO2S/c7-6-4(8)2-1-3-5(6)12(9,10)11/h1-3H,(H2,9,10,11). The van der Waals surface area contributed by atoms with Crippen LogP contribution in [0.15, 0.2) is 23.1 Å². The minimum Gasteiger partial charge on any atom is -0.225 e. The number of hydrogen-bond acceptors (Lipinski definition) is 2. The first kappa shape index (κ1) is 9.87. The molecule has 0 saturated heterocycles. The van der Waals surface area contributed by atoms with Gasteiger partial charge < -0.3 is 0 Å². The van der Waals surface area contributed by atoms with Crippen LogP contribution in [0.3, 0.4) is 0 Å². The van der Waals surface area contributed by atoms with Gasteiger partial charge in [-0.25, -0.2) is 17.9 Å². The maximum atomic E-state index is 13.0. The van der Waals surface area contributed by atoms with Crippen LogP contribution in [-0.4, -0.2) is 8.42 Å². The number of rotatable bonds is 1. The second kappa shape index (κ2) is 3.27. The van der Waals surface area contributed by atoms with Gasteiger partial charge >= 0.3 is 0 Å². The Balaban J connectivity index is 3.47. The van der Waals surface area contributed by atoms with Gasteiger partial charge in [0, 0.05) is 0 Å². The summed E-state index contributed by atoms with van der Waals surface area (Å²) in [6.45, 7) is 0. The summed E-state index contributed by atoms with van der Waals surface area (Å²) in [5.74, 6) is -0.791. The van der Waals surface area contributed by atoms with Gasteiger partial charge in [-0.15, -0.1) is 0 Å². The number of sulfonamides is 1. The summed E-state index contributed by atoms with van der Waals surface area (Å²) in [7, 11) is -3.94. The maximum Gasteiger partial charge on any atom is 0.241 e. The van der Waals surface area contributed by atoms with Crippen LogP contribution in [0.1, 0.15) is 0 Å². The van der Waals surface area contributed by atoms with Crippen molar-refractivity contribution in [1.82, 2.24) is 0 Å². The number of nitrogens with two attached hydrogens (primary N) is 1. The van der Waals surface area contributed by atoms with E-state index in [2.05, 4.69) is 0 Å². The van der Waals surface area contributed by atoms with Crippen LogP contribution in [0, 0.1) is 9.39 Å². The molecule has 0 fully saturated rings. The number of primary sulfonamides is 1. The van der Waals surface area contributed by atoms with E-state index in [1.807, 2.05) is 0 Å². The molecule has 0 aromatic heterocycles. The molecule has 2 N–H and O–H groups in total. The van der Waals surface area contributed by atoms with Gasteiger partial charge in [-0.05, 0) is 34.7 Å². The van der Waals surface area contributed by atoms with E-state index in [1.165, 1.54) is 12.1 Å². The SMILES string of the molecule is NS(=O)(=O)c1cccc(I)c1F. The van der Waals surface area contributed by atoms with Gasteiger partial charge in [-0.3, -0.25) is 0 Å². The van der Waals surface area contributed by atoms with E-state index in [0.29, 0.717) is 0 Å². The number of halogens is 2. The Labute approximate surface area is 83.0 Å². The highest BCUT2D eigenvalue weighted by atomic mass is 127. The molecular formula is C6H5FINO2S. The highest BCUT2D eigenvalue weighted by molar-refractivity contribution is 14.1. The van der Waals surface area contributed by atoms with Crippen LogP contribution >= 0.6 is 22.6 Å². The molecule has 0 heterocycles. The van der Waals surface area contributed by atoms with Gasteiger partial charge in [0.25, 0.3) is 0 Å². The molecule has 0 radical (unpaired) electrons. The number of hydrogen-bond donors (Lipinski definition) is 1. The Morgan fingerprint density at radius 3 is 2.42 bits per heavy atom. The largest absolute Gasteiger partial charge is 0.241 e. The summed E-state index contributed by atoms with van der Waals surface area (Å²) < 4.78 is 34.7. The van der Waals surface area contributed by atoms with Crippen LogP contribution in [0.4, 0.5) is 4.39 Å². The molecule has 3 nitrogen and oxygen atoms in total. The van der Waals surface area contributed by atoms with Crippen molar-refractivity contribution in [2.45, 2.75) is 4.90 Å². The zero-order valence-corrected chi connectivity index (χ0v) is 8.76. The fourth-order valence-corrected chi connectivity index (χ4v) is 2.01. The molecule has 0 aliphatic carbocycles. The Hall–Kier alpha value is -0.210. The lowest BCUT2D eigenvalue weighted by Gasteiger charge is -2.00. The van der Waals surface area contributed by atoms with Crippen LogP contribution in [0.5, 0.6) is 0 Å². The van der Waals surface area contributed by atoms with Crippen molar-refractivity contribution in [3.63, 3.8) is 0 Å². The van der Waals surface area contributed by atoms with Gasteiger partial charge in [-0.1, -0.05) is 6.07 Å². The molecule has 66 valence electrons. The highest BCUT2D eigenvalue weighted by Gasteiger charge is 2.15. The molecular weight excluding hydrogens is 296 g/mol. The predicted octanol–water partition coefficient (Wildman–Crippen LogP) is 1.08. The smallest absolute Gasteiger partial charge is 0.225 e. The van der Waals surface area contributed by atoms with Crippen molar-refractivity contribution in [2.75, 3.05) is 0 Å². The zero-order chi connectivity index (χ0) is 9.35. The van der Waals surface area contributed by atoms with Gasteiger partial charge in [0.15, 0.2) is 5.82 Å². The lowest BCUT2D eigenvalue weighted by Crippen LogP contribution is -2.14. The van der Waals surface area contributed by atoms with E-state index in [-0.39, 0.29) is 3.57 Å². The van der Waals surface area contributed by atoms with Crippen LogP contribution < -0.4 is 5.14 Å². The van der Waals surface area contributed by atoms with Gasteiger partial charge in [0.05, 0.1) is 3.57 Å². The zero-order valence-electron chi connectivity index (χ0n) is 5.79. The lowest BCUT2D eigenvalue weighted by molar-refractivity contribution is 0.564. The van der Waals surface area contributed by atoms with E-state index in [0.717, 1.165) is 6.07 Å². The van der Waals surface area contributed by atoms with Crippen molar-refractivity contribution in [3.8, 4) is 0 Å². The Morgan fingerprint density at radius 1 is 1.42 bits per heavy atom. The van der Waals surface area contributed by atoms with Crippen LogP contribution in [-0.2, 0) is 10.0 Å². The fourth-order valence-electron chi connectivity index (χ4n) is 0.704. The monoisotopic (exact) mass is 301 g/mol. The summed E-state index contributed by atoms with van der Waals surface area (Å²) in [5.41, 5.74) is 0. The van der Waals surface area contributed by atoms with Crippen LogP contribution in [0.25, 0.3) is 0 Å². The molecule has 0 atom stereocenters. The molecule has 0 aliphatic rings. The van der Waals surface area contributed by atoms with Gasteiger partial charge in [0.1, 0.15) is 4.90 Å². The lowest BCUT2D eigenvalue weighted by atomic mass is 10.3. The van der Waals surface area contributed by atoms with E-state index in [1.54, 1.807) is 22.6 Å². The molecule has 0 unspecified atom stereocenters. The molecule has 0 aliphatic heterocycles. The first-order chi connectivity index (χ1) is 5.43. The van der Waals surface area contributed by atoms with Crippen molar-refractivity contribution in [1.29, 1.82) is 0 Å². The second-order valence-electron chi connectivity index (χ2n) is 2.10. The van der Waals surface area contributed by atoms with E-state index in [4.69, 9.17) is 5.14 Å². The Bertz CT molecular complexity index is 404. The number of benzene rings is 1. The van der Waals surface area contributed by atoms with E-state index in [9.17, 15) is 12.8 Å². The molecule has 1 rings (SSSR count). The van der Waals surface area contributed by atoms with Crippen molar-refractivity contribution in [3.05, 3.63) is 27.6 Å². The van der Waals surface area contributed by atoms with Crippen LogP contribution in [0.2, 0.25) is 0 Å². The maximum absolute atomic E-state index is 13.0. The third-order valence-corrected chi connectivity index (χ3v) is 2.98. The molecule has 0 bridgehead atoms. The Morgan fingerprint density at radius 2 is 2.00 bits per heavy atom. The molecule has 0 spiro atoms. The average Bonchev–Trinajstić information content (AvgIpc) is 1.92. The first-order valence-electron chi connectivity index (χ1n) is 2.90. The molecule has 12 heavy (non-hydrogen) atoms. The first-order valence-corrected chi connectivity index (χ1v) is 5.52. The minimum absolute atomic E-state index is 0.235. The van der Waals surface area contributed by atoms with Gasteiger partial charge in [0.2, 0.25) is 10.0 Å². The highest BCUT2D eigenvalue weighted by Crippen LogP contribution is 2.17. The van der Waals surface area contributed by atoms with E-state index < -0.39 is 20.7 Å². The summed E-state index contributed by atoms with van der Waals surface area (Å²) in [5, 5.41) is 4.76. The molecule has 0 amide bonds. The average molecular weight is 301 g/mol. The van der Waals surface area contributed by atoms with E-state index >= 15 is 0 Å². The molecule has 1 aromatic rings. The molecule has 6 heteroatoms. The third-order valence-electron chi connectivity index (χ3n) is 1.22. The quantitative estimate of drug-likeness (QED) is 0.789. The normalized spacial score (nSPS) is 11.6. The third kappa shape index (κ3) is 1.93. The fraction of sp³-hybridized carbons (Fsp3) is 0. The predicted molar refractivity (Wildman–Crippen MR) is 50.5 cm³/mol. The second-order valence-corrected chi connectivity index (χ2v) is 4.79.